The van der Waals surface area contributed by atoms with E-state index in [1.807, 2.05) is 20.8 Å². The van der Waals surface area contributed by atoms with Gasteiger partial charge in [-0.1, -0.05) is 13.8 Å². The predicted molar refractivity (Wildman–Crippen MR) is 115 cm³/mol. The molecule has 3 heterocycles. The fourth-order valence-electron chi connectivity index (χ4n) is 5.31. The van der Waals surface area contributed by atoms with Crippen molar-refractivity contribution in [3.63, 3.8) is 0 Å². The number of hydrogen-bond acceptors (Lipinski definition) is 6. The molecular formula is C24H44O6. The van der Waals surface area contributed by atoms with E-state index in [2.05, 4.69) is 34.6 Å². The first-order chi connectivity index (χ1) is 14.0. The summed E-state index contributed by atoms with van der Waals surface area (Å²) in [6.45, 7) is 17.7. The lowest BCUT2D eigenvalue weighted by molar-refractivity contribution is -0.284. The Kier molecular flexibility index (Phi) is 7.90. The number of ether oxygens (including phenoxy) is 6. The van der Waals surface area contributed by atoms with E-state index in [4.69, 9.17) is 28.4 Å². The fraction of sp³-hybridized carbons (Fsp3) is 1.00. The predicted octanol–water partition coefficient (Wildman–Crippen LogP) is 5.03. The van der Waals surface area contributed by atoms with Crippen LogP contribution in [0.4, 0.5) is 0 Å². The Balaban J connectivity index is 1.53. The van der Waals surface area contributed by atoms with Crippen molar-refractivity contribution >= 4 is 0 Å². The van der Waals surface area contributed by atoms with E-state index in [0.29, 0.717) is 11.8 Å². The molecule has 0 N–H and O–H groups in total. The standard InChI is InChI=1S/C24H44O6/c1-15-14-25-17(3)30-24(15,8)12-11-22-16(2)21(27-18(4)28-22)10-9-20-13-23(6,7)29-19(5)26-20/h15-22H,9-14H2,1-8H3. The smallest absolute Gasteiger partial charge is 0.155 e. The molecule has 0 radical (unpaired) electrons. The zero-order valence-electron chi connectivity index (χ0n) is 20.3. The first-order valence-corrected chi connectivity index (χ1v) is 11.9. The van der Waals surface area contributed by atoms with Gasteiger partial charge in [-0.05, 0) is 67.2 Å². The summed E-state index contributed by atoms with van der Waals surface area (Å²) < 4.78 is 36.1. The summed E-state index contributed by atoms with van der Waals surface area (Å²) in [4.78, 5) is 0. The van der Waals surface area contributed by atoms with E-state index in [1.165, 1.54) is 0 Å². The Bertz CT molecular complexity index is 554. The van der Waals surface area contributed by atoms with Crippen LogP contribution in [-0.2, 0) is 28.4 Å². The molecule has 0 aromatic rings. The third-order valence-corrected chi connectivity index (χ3v) is 7.25. The molecule has 6 heteroatoms. The molecule has 3 rings (SSSR count). The monoisotopic (exact) mass is 428 g/mol. The molecule has 30 heavy (non-hydrogen) atoms. The SMILES string of the molecule is CC1OC(CCC2CC(C)(C)OC(C)O2)C(C)C(CCC2(C)OC(C)OCC2C)O1. The highest BCUT2D eigenvalue weighted by atomic mass is 16.7. The highest BCUT2D eigenvalue weighted by molar-refractivity contribution is 4.88. The molecule has 0 aromatic heterocycles. The Hall–Kier alpha value is -0.240. The Morgan fingerprint density at radius 1 is 0.733 bits per heavy atom. The molecule has 6 nitrogen and oxygen atoms in total. The topological polar surface area (TPSA) is 55.4 Å². The van der Waals surface area contributed by atoms with Gasteiger partial charge in [0.2, 0.25) is 0 Å². The van der Waals surface area contributed by atoms with Crippen LogP contribution in [0.15, 0.2) is 0 Å². The minimum atomic E-state index is -0.179. The van der Waals surface area contributed by atoms with Gasteiger partial charge in [0.1, 0.15) is 0 Å². The van der Waals surface area contributed by atoms with Crippen molar-refractivity contribution in [2.24, 2.45) is 11.8 Å². The molecule has 9 atom stereocenters. The maximum atomic E-state index is 6.21. The van der Waals surface area contributed by atoms with Crippen LogP contribution in [0.5, 0.6) is 0 Å². The maximum Gasteiger partial charge on any atom is 0.155 e. The zero-order chi connectivity index (χ0) is 22.1. The van der Waals surface area contributed by atoms with E-state index < -0.39 is 0 Å². The van der Waals surface area contributed by atoms with Gasteiger partial charge in [-0.3, -0.25) is 0 Å². The third kappa shape index (κ3) is 6.17. The van der Waals surface area contributed by atoms with Gasteiger partial charge in [0.05, 0.1) is 36.1 Å². The number of hydrogen-bond donors (Lipinski definition) is 0. The normalized spacial score (nSPS) is 47.2. The van der Waals surface area contributed by atoms with Crippen LogP contribution < -0.4 is 0 Å². The van der Waals surface area contributed by atoms with E-state index >= 15 is 0 Å². The van der Waals surface area contributed by atoms with Crippen molar-refractivity contribution in [3.05, 3.63) is 0 Å². The minimum absolute atomic E-state index is 0.132. The van der Waals surface area contributed by atoms with Crippen molar-refractivity contribution in [2.75, 3.05) is 6.61 Å². The van der Waals surface area contributed by atoms with Gasteiger partial charge >= 0.3 is 0 Å². The van der Waals surface area contributed by atoms with Gasteiger partial charge in [-0.2, -0.15) is 0 Å². The molecule has 3 aliphatic rings. The quantitative estimate of drug-likeness (QED) is 0.591. The molecule has 3 aliphatic heterocycles. The van der Waals surface area contributed by atoms with Gasteiger partial charge in [0.15, 0.2) is 18.9 Å². The Morgan fingerprint density at radius 2 is 1.40 bits per heavy atom. The summed E-state index contributed by atoms with van der Waals surface area (Å²) in [5, 5.41) is 0. The summed E-state index contributed by atoms with van der Waals surface area (Å²) in [5.41, 5.74) is -0.303. The van der Waals surface area contributed by atoms with Crippen LogP contribution in [0, 0.1) is 11.8 Å². The second-order valence-corrected chi connectivity index (χ2v) is 10.5. The molecule has 3 saturated heterocycles. The molecule has 9 unspecified atom stereocenters. The summed E-state index contributed by atoms with van der Waals surface area (Å²) in [6, 6.07) is 0. The second-order valence-electron chi connectivity index (χ2n) is 10.5. The van der Waals surface area contributed by atoms with E-state index in [-0.39, 0.29) is 48.4 Å². The van der Waals surface area contributed by atoms with Gasteiger partial charge in [-0.25, -0.2) is 0 Å². The molecule has 0 bridgehead atoms. The average Bonchev–Trinajstić information content (AvgIpc) is 2.62. The van der Waals surface area contributed by atoms with Crippen LogP contribution in [0.1, 0.15) is 87.5 Å². The van der Waals surface area contributed by atoms with Crippen molar-refractivity contribution in [3.8, 4) is 0 Å². The summed E-state index contributed by atoms with van der Waals surface area (Å²) >= 11 is 0. The molecule has 0 amide bonds. The van der Waals surface area contributed by atoms with Gasteiger partial charge < -0.3 is 28.4 Å². The highest BCUT2D eigenvalue weighted by Gasteiger charge is 2.42. The maximum absolute atomic E-state index is 6.21. The fourth-order valence-corrected chi connectivity index (χ4v) is 5.31. The van der Waals surface area contributed by atoms with Gasteiger partial charge in [0.25, 0.3) is 0 Å². The molecule has 176 valence electrons. The van der Waals surface area contributed by atoms with E-state index in [1.54, 1.807) is 0 Å². The van der Waals surface area contributed by atoms with E-state index in [0.717, 1.165) is 38.7 Å². The van der Waals surface area contributed by atoms with Crippen molar-refractivity contribution < 1.29 is 28.4 Å². The molecule has 0 aromatic carbocycles. The average molecular weight is 429 g/mol. The molecule has 0 spiro atoms. The van der Waals surface area contributed by atoms with Gasteiger partial charge in [0, 0.05) is 18.3 Å². The Labute approximate surface area is 183 Å². The van der Waals surface area contributed by atoms with Crippen molar-refractivity contribution in [2.45, 2.75) is 136 Å². The molecule has 0 saturated carbocycles. The van der Waals surface area contributed by atoms with E-state index in [9.17, 15) is 0 Å². The Morgan fingerprint density at radius 3 is 2.07 bits per heavy atom. The van der Waals surface area contributed by atoms with Crippen LogP contribution in [-0.4, -0.2) is 55.0 Å². The van der Waals surface area contributed by atoms with Crippen LogP contribution >= 0.6 is 0 Å². The summed E-state index contributed by atoms with van der Waals surface area (Å²) in [7, 11) is 0. The summed E-state index contributed by atoms with van der Waals surface area (Å²) in [6.07, 6.45) is 4.92. The van der Waals surface area contributed by atoms with Crippen LogP contribution in [0.25, 0.3) is 0 Å². The first-order valence-electron chi connectivity index (χ1n) is 11.9. The van der Waals surface area contributed by atoms with Crippen molar-refractivity contribution in [1.29, 1.82) is 0 Å². The largest absolute Gasteiger partial charge is 0.353 e. The first kappa shape index (κ1) is 24.4. The lowest BCUT2D eigenvalue weighted by Gasteiger charge is -2.45. The van der Waals surface area contributed by atoms with Crippen LogP contribution in [0.2, 0.25) is 0 Å². The second kappa shape index (κ2) is 9.72. The molecule has 0 aliphatic carbocycles. The van der Waals surface area contributed by atoms with Crippen LogP contribution in [0.3, 0.4) is 0 Å². The molecule has 3 fully saturated rings. The minimum Gasteiger partial charge on any atom is -0.353 e. The zero-order valence-corrected chi connectivity index (χ0v) is 20.3. The number of rotatable bonds is 6. The highest BCUT2D eigenvalue weighted by Crippen LogP contribution is 2.38. The lowest BCUT2D eigenvalue weighted by atomic mass is 9.82. The third-order valence-electron chi connectivity index (χ3n) is 7.25. The van der Waals surface area contributed by atoms with Gasteiger partial charge in [-0.15, -0.1) is 0 Å². The summed E-state index contributed by atoms with van der Waals surface area (Å²) in [5.74, 6) is 0.704. The van der Waals surface area contributed by atoms with Crippen molar-refractivity contribution in [1.82, 2.24) is 0 Å². The lowest BCUT2D eigenvalue weighted by Crippen LogP contribution is -2.49. The molecular weight excluding hydrogens is 384 g/mol.